The van der Waals surface area contributed by atoms with E-state index in [-0.39, 0.29) is 5.75 Å². The molecule has 0 fully saturated rings. The molecule has 0 radical (unpaired) electrons. The van der Waals surface area contributed by atoms with E-state index in [1.165, 1.54) is 0 Å². The Labute approximate surface area is 118 Å². The van der Waals surface area contributed by atoms with Crippen LogP contribution in [0.2, 0.25) is 0 Å². The summed E-state index contributed by atoms with van der Waals surface area (Å²) in [5.41, 5.74) is 1.00. The quantitative estimate of drug-likeness (QED) is 0.684. The van der Waals surface area contributed by atoms with Crippen LogP contribution in [0, 0.1) is 0 Å². The van der Waals surface area contributed by atoms with Crippen LogP contribution in [0.4, 0.5) is 0 Å². The Hall–Kier alpha value is -0.460. The molecule has 0 aromatic carbocycles. The topological polar surface area (TPSA) is 50.3 Å². The van der Waals surface area contributed by atoms with Gasteiger partial charge in [0.1, 0.15) is 0 Å². The fourth-order valence-electron chi connectivity index (χ4n) is 1.66. The molecule has 6 heteroatoms. The number of nitrogens with zero attached hydrogens (tertiary/aromatic N) is 2. The first kappa shape index (κ1) is 15.6. The van der Waals surface area contributed by atoms with E-state index in [0.29, 0.717) is 19.5 Å². The lowest BCUT2D eigenvalue weighted by atomic mass is 10.2. The summed E-state index contributed by atoms with van der Waals surface area (Å²) in [7, 11) is -3.15. The normalized spacial score (nSPS) is 11.9. The van der Waals surface area contributed by atoms with Crippen molar-refractivity contribution in [2.45, 2.75) is 19.8 Å². The lowest BCUT2D eigenvalue weighted by Gasteiger charge is -2.19. The molecule has 4 nitrogen and oxygen atoms in total. The Bertz CT molecular complexity index is 437. The predicted octanol–water partition coefficient (Wildman–Crippen LogP) is 2.06. The lowest BCUT2D eigenvalue weighted by molar-refractivity contribution is 0.428. The van der Waals surface area contributed by atoms with Gasteiger partial charge in [-0.2, -0.15) is 0 Å². The minimum Gasteiger partial charge on any atom is -0.265 e. The molecule has 18 heavy (non-hydrogen) atoms. The van der Waals surface area contributed by atoms with Crippen LogP contribution in [-0.4, -0.2) is 41.9 Å². The molecule has 0 unspecified atom stereocenters. The molecule has 0 saturated carbocycles. The number of hydrogen-bond donors (Lipinski definition) is 0. The summed E-state index contributed by atoms with van der Waals surface area (Å²) >= 11 is 3.32. The van der Waals surface area contributed by atoms with E-state index in [4.69, 9.17) is 0 Å². The Morgan fingerprint density at radius 3 is 2.56 bits per heavy atom. The Kier molecular flexibility index (Phi) is 6.81. The molecule has 0 amide bonds. The zero-order valence-corrected chi connectivity index (χ0v) is 13.0. The third kappa shape index (κ3) is 5.04. The number of rotatable bonds is 8. The highest BCUT2D eigenvalue weighted by Gasteiger charge is 2.19. The number of aromatic nitrogens is 1. The van der Waals surface area contributed by atoms with E-state index >= 15 is 0 Å². The maximum absolute atomic E-state index is 12.1. The first-order valence-corrected chi connectivity index (χ1v) is 8.76. The Morgan fingerprint density at radius 1 is 1.33 bits per heavy atom. The molecular weight excluding hydrogens is 316 g/mol. The molecule has 0 atom stereocenters. The van der Waals surface area contributed by atoms with Crippen molar-refractivity contribution in [2.75, 3.05) is 24.2 Å². The summed E-state index contributed by atoms with van der Waals surface area (Å²) in [5.74, 6) is 0.160. The van der Waals surface area contributed by atoms with E-state index in [2.05, 4.69) is 20.9 Å². The van der Waals surface area contributed by atoms with Gasteiger partial charge in [-0.15, -0.1) is 0 Å². The third-order valence-corrected chi connectivity index (χ3v) is 5.19. The van der Waals surface area contributed by atoms with Gasteiger partial charge in [-0.1, -0.05) is 22.9 Å². The maximum Gasteiger partial charge on any atom is 0.214 e. The molecule has 0 bridgehead atoms. The van der Waals surface area contributed by atoms with Gasteiger partial charge in [0.2, 0.25) is 10.0 Å². The highest BCUT2D eigenvalue weighted by Crippen LogP contribution is 2.07. The van der Waals surface area contributed by atoms with E-state index < -0.39 is 10.0 Å². The van der Waals surface area contributed by atoms with Gasteiger partial charge in [0.05, 0.1) is 5.75 Å². The first-order chi connectivity index (χ1) is 8.60. The molecule has 102 valence electrons. The number of pyridine rings is 1. The summed E-state index contributed by atoms with van der Waals surface area (Å²) in [6.45, 7) is 2.99. The average molecular weight is 335 g/mol. The fraction of sp³-hybridized carbons (Fsp3) is 0.583. The molecule has 0 aliphatic heterocycles. The summed E-state index contributed by atoms with van der Waals surface area (Å²) in [4.78, 5) is 3.92. The summed E-state index contributed by atoms with van der Waals surface area (Å²) in [6.07, 6.45) is 4.74. The van der Waals surface area contributed by atoms with Crippen molar-refractivity contribution in [3.05, 3.63) is 30.1 Å². The predicted molar refractivity (Wildman–Crippen MR) is 77.4 cm³/mol. The van der Waals surface area contributed by atoms with Crippen molar-refractivity contribution in [1.29, 1.82) is 0 Å². The summed E-state index contributed by atoms with van der Waals surface area (Å²) in [6, 6.07) is 3.70. The van der Waals surface area contributed by atoms with Crippen LogP contribution >= 0.6 is 15.9 Å². The van der Waals surface area contributed by atoms with Gasteiger partial charge < -0.3 is 0 Å². The minimum atomic E-state index is -3.15. The van der Waals surface area contributed by atoms with E-state index in [0.717, 1.165) is 17.3 Å². The first-order valence-electron chi connectivity index (χ1n) is 6.03. The van der Waals surface area contributed by atoms with Crippen LogP contribution in [0.5, 0.6) is 0 Å². The molecule has 0 saturated heterocycles. The molecule has 1 rings (SSSR count). The monoisotopic (exact) mass is 334 g/mol. The third-order valence-electron chi connectivity index (χ3n) is 2.69. The standard InChI is InChI=1S/C12H19BrN2O2S/c1-2-15(10-3-7-13)18(16,17)11-6-12-4-8-14-9-5-12/h4-5,8-9H,2-3,6-7,10-11H2,1H3. The van der Waals surface area contributed by atoms with Gasteiger partial charge >= 0.3 is 0 Å². The second kappa shape index (κ2) is 7.86. The Morgan fingerprint density at radius 2 is 2.00 bits per heavy atom. The maximum atomic E-state index is 12.1. The summed E-state index contributed by atoms with van der Waals surface area (Å²) in [5, 5.41) is 0.823. The van der Waals surface area contributed by atoms with E-state index in [9.17, 15) is 8.42 Å². The molecule has 0 spiro atoms. The van der Waals surface area contributed by atoms with Crippen LogP contribution in [-0.2, 0) is 16.4 Å². The molecule has 1 aromatic rings. The van der Waals surface area contributed by atoms with Crippen LogP contribution in [0.1, 0.15) is 18.9 Å². The number of alkyl halides is 1. The van der Waals surface area contributed by atoms with Gasteiger partial charge in [-0.25, -0.2) is 12.7 Å². The van der Waals surface area contributed by atoms with E-state index in [1.54, 1.807) is 16.7 Å². The lowest BCUT2D eigenvalue weighted by Crippen LogP contribution is -2.34. The Balaban J connectivity index is 2.57. The van der Waals surface area contributed by atoms with Crippen molar-refractivity contribution in [3.8, 4) is 0 Å². The van der Waals surface area contributed by atoms with Crippen molar-refractivity contribution in [2.24, 2.45) is 0 Å². The second-order valence-corrected chi connectivity index (χ2v) is 6.84. The van der Waals surface area contributed by atoms with Gasteiger partial charge in [0.25, 0.3) is 0 Å². The van der Waals surface area contributed by atoms with Gasteiger partial charge in [-0.3, -0.25) is 4.98 Å². The van der Waals surface area contributed by atoms with Gasteiger partial charge in [0, 0.05) is 30.8 Å². The van der Waals surface area contributed by atoms with Crippen LogP contribution in [0.3, 0.4) is 0 Å². The van der Waals surface area contributed by atoms with Crippen LogP contribution in [0.15, 0.2) is 24.5 Å². The SMILES string of the molecule is CCN(CCCBr)S(=O)(=O)CCc1ccncc1. The second-order valence-electron chi connectivity index (χ2n) is 3.96. The average Bonchev–Trinajstić information content (AvgIpc) is 2.38. The van der Waals surface area contributed by atoms with E-state index in [1.807, 2.05) is 19.1 Å². The van der Waals surface area contributed by atoms with Gasteiger partial charge in [-0.05, 0) is 30.5 Å². The molecule has 0 aliphatic carbocycles. The van der Waals surface area contributed by atoms with Crippen LogP contribution < -0.4 is 0 Å². The molecule has 1 aromatic heterocycles. The molecule has 1 heterocycles. The van der Waals surface area contributed by atoms with Crippen molar-refractivity contribution < 1.29 is 8.42 Å². The highest BCUT2D eigenvalue weighted by atomic mass is 79.9. The number of halogens is 1. The molecular formula is C12H19BrN2O2S. The number of hydrogen-bond acceptors (Lipinski definition) is 3. The van der Waals surface area contributed by atoms with Gasteiger partial charge in [0.15, 0.2) is 0 Å². The number of sulfonamides is 1. The highest BCUT2D eigenvalue weighted by molar-refractivity contribution is 9.09. The van der Waals surface area contributed by atoms with Crippen LogP contribution in [0.25, 0.3) is 0 Å². The minimum absolute atomic E-state index is 0.160. The largest absolute Gasteiger partial charge is 0.265 e. The fourth-order valence-corrected chi connectivity index (χ4v) is 3.46. The summed E-state index contributed by atoms with van der Waals surface area (Å²) < 4.78 is 25.8. The zero-order valence-electron chi connectivity index (χ0n) is 10.5. The smallest absolute Gasteiger partial charge is 0.214 e. The van der Waals surface area contributed by atoms with Crippen molar-refractivity contribution in [3.63, 3.8) is 0 Å². The number of aryl methyl sites for hydroxylation is 1. The zero-order chi connectivity index (χ0) is 13.4. The van der Waals surface area contributed by atoms with Crippen molar-refractivity contribution >= 4 is 26.0 Å². The molecule has 0 N–H and O–H groups in total. The van der Waals surface area contributed by atoms with Crippen molar-refractivity contribution in [1.82, 2.24) is 9.29 Å². The molecule has 0 aliphatic rings.